The number of hydrogen-bond acceptors (Lipinski definition) is 1. The molecule has 10 heavy (non-hydrogen) atoms. The summed E-state index contributed by atoms with van der Waals surface area (Å²) in [7, 11) is 0. The summed E-state index contributed by atoms with van der Waals surface area (Å²) in [4.78, 5) is 2.29. The number of fused-ring (bicyclic) bond motifs is 1. The van der Waals surface area contributed by atoms with Crippen molar-refractivity contribution in [2.75, 3.05) is 0 Å². The minimum atomic E-state index is 0.621. The average Bonchev–Trinajstić information content (AvgIpc) is 2.03. The fourth-order valence-corrected chi connectivity index (χ4v) is 1.48. The number of hydrogen-bond donors (Lipinski definition) is 0. The first-order chi connectivity index (χ1) is 4.80. The molecule has 0 bridgehead atoms. The maximum Gasteiger partial charge on any atom is 0.0537 e. The van der Waals surface area contributed by atoms with Gasteiger partial charge in [0, 0.05) is 11.9 Å². The Hall–Kier alpha value is -0.980. The van der Waals surface area contributed by atoms with Crippen LogP contribution in [0.3, 0.4) is 0 Å². The molecule has 1 atom stereocenters. The molecule has 1 unspecified atom stereocenters. The van der Waals surface area contributed by atoms with E-state index in [4.69, 9.17) is 0 Å². The van der Waals surface area contributed by atoms with E-state index in [2.05, 4.69) is 43.2 Å². The van der Waals surface area contributed by atoms with E-state index in [-0.39, 0.29) is 0 Å². The molecule has 0 amide bonds. The van der Waals surface area contributed by atoms with Crippen LogP contribution in [0.25, 0.3) is 0 Å². The molecule has 1 heteroatoms. The van der Waals surface area contributed by atoms with Crippen LogP contribution >= 0.6 is 0 Å². The summed E-state index contributed by atoms with van der Waals surface area (Å²) in [5, 5.41) is 0. The third-order valence-electron chi connectivity index (χ3n) is 2.34. The van der Waals surface area contributed by atoms with Crippen LogP contribution in [0.15, 0.2) is 35.7 Å². The van der Waals surface area contributed by atoms with E-state index in [1.165, 1.54) is 11.3 Å². The van der Waals surface area contributed by atoms with Crippen LogP contribution in [0.4, 0.5) is 0 Å². The minimum Gasteiger partial charge on any atom is -0.341 e. The Kier molecular flexibility index (Phi) is 1.01. The van der Waals surface area contributed by atoms with Crippen molar-refractivity contribution in [3.63, 3.8) is 0 Å². The quantitative estimate of drug-likeness (QED) is 0.489. The molecular weight excluding hydrogens is 122 g/mol. The monoisotopic (exact) mass is 133 g/mol. The van der Waals surface area contributed by atoms with Crippen LogP contribution in [0.1, 0.15) is 13.8 Å². The molecule has 2 heterocycles. The zero-order valence-corrected chi connectivity index (χ0v) is 6.33. The van der Waals surface area contributed by atoms with Gasteiger partial charge in [-0.15, -0.1) is 0 Å². The van der Waals surface area contributed by atoms with Gasteiger partial charge in [0.25, 0.3) is 0 Å². The van der Waals surface area contributed by atoms with Crippen LogP contribution in [-0.4, -0.2) is 10.9 Å². The summed E-state index contributed by atoms with van der Waals surface area (Å²) in [6, 6.07) is 0.621. The topological polar surface area (TPSA) is 3.24 Å². The van der Waals surface area contributed by atoms with Gasteiger partial charge in [-0.05, 0) is 31.6 Å². The van der Waals surface area contributed by atoms with E-state index in [1.54, 1.807) is 0 Å². The van der Waals surface area contributed by atoms with Gasteiger partial charge in [-0.1, -0.05) is 6.08 Å². The smallest absolute Gasteiger partial charge is 0.0537 e. The molecule has 2 aliphatic heterocycles. The lowest BCUT2D eigenvalue weighted by molar-refractivity contribution is 0.340. The largest absolute Gasteiger partial charge is 0.341 e. The Balaban J connectivity index is 2.40. The second kappa shape index (κ2) is 1.75. The van der Waals surface area contributed by atoms with Gasteiger partial charge in [0.15, 0.2) is 0 Å². The SMILES string of the molecule is CC1=C2C=CC=CN2C1C. The van der Waals surface area contributed by atoms with Crippen molar-refractivity contribution in [1.82, 2.24) is 4.90 Å². The predicted octanol–water partition coefficient (Wildman–Crippen LogP) is 2.05. The van der Waals surface area contributed by atoms with Crippen molar-refractivity contribution in [3.05, 3.63) is 35.7 Å². The summed E-state index contributed by atoms with van der Waals surface area (Å²) in [6.45, 7) is 4.42. The molecule has 0 saturated heterocycles. The molecule has 0 radical (unpaired) electrons. The van der Waals surface area contributed by atoms with Gasteiger partial charge < -0.3 is 4.90 Å². The fraction of sp³-hybridized carbons (Fsp3) is 0.333. The molecule has 0 N–H and O–H groups in total. The highest BCUT2D eigenvalue weighted by Gasteiger charge is 2.28. The molecule has 0 fully saturated rings. The fourth-order valence-electron chi connectivity index (χ4n) is 1.48. The molecule has 0 aromatic rings. The molecule has 2 rings (SSSR count). The van der Waals surface area contributed by atoms with Gasteiger partial charge in [0.2, 0.25) is 0 Å². The molecule has 0 aromatic carbocycles. The maximum absolute atomic E-state index is 2.29. The highest BCUT2D eigenvalue weighted by atomic mass is 15.2. The van der Waals surface area contributed by atoms with Crippen molar-refractivity contribution in [2.24, 2.45) is 0 Å². The number of rotatable bonds is 0. The lowest BCUT2D eigenvalue weighted by Crippen LogP contribution is -2.39. The van der Waals surface area contributed by atoms with Crippen molar-refractivity contribution in [3.8, 4) is 0 Å². The molecular formula is C9H11N. The number of allylic oxidation sites excluding steroid dienone is 3. The first-order valence-electron chi connectivity index (χ1n) is 3.64. The van der Waals surface area contributed by atoms with E-state index in [9.17, 15) is 0 Å². The standard InChI is InChI=1S/C9H11N/c1-7-8(2)10-6-4-3-5-9(7)10/h3-6,8H,1-2H3. The Bertz CT molecular complexity index is 245. The van der Waals surface area contributed by atoms with Gasteiger partial charge >= 0.3 is 0 Å². The zero-order chi connectivity index (χ0) is 7.14. The summed E-state index contributed by atoms with van der Waals surface area (Å²) in [5.41, 5.74) is 2.88. The van der Waals surface area contributed by atoms with Gasteiger partial charge in [-0.2, -0.15) is 0 Å². The van der Waals surface area contributed by atoms with Crippen LogP contribution in [0, 0.1) is 0 Å². The normalized spacial score (nSPS) is 28.6. The summed E-state index contributed by atoms with van der Waals surface area (Å²) >= 11 is 0. The van der Waals surface area contributed by atoms with Crippen LogP contribution in [0.2, 0.25) is 0 Å². The van der Waals surface area contributed by atoms with Gasteiger partial charge in [-0.25, -0.2) is 0 Å². The second-order valence-corrected chi connectivity index (χ2v) is 2.85. The van der Waals surface area contributed by atoms with Crippen molar-refractivity contribution >= 4 is 0 Å². The van der Waals surface area contributed by atoms with E-state index >= 15 is 0 Å². The highest BCUT2D eigenvalue weighted by Crippen LogP contribution is 2.33. The number of nitrogens with zero attached hydrogens (tertiary/aromatic N) is 1. The molecule has 0 spiro atoms. The average molecular weight is 133 g/mol. The molecule has 0 aliphatic carbocycles. The van der Waals surface area contributed by atoms with E-state index in [1.807, 2.05) is 0 Å². The first-order valence-corrected chi connectivity index (χ1v) is 3.64. The lowest BCUT2D eigenvalue weighted by atomic mass is 9.95. The Labute approximate surface area is 61.3 Å². The van der Waals surface area contributed by atoms with Gasteiger partial charge in [0.1, 0.15) is 0 Å². The van der Waals surface area contributed by atoms with Gasteiger partial charge in [0.05, 0.1) is 6.04 Å². The van der Waals surface area contributed by atoms with Crippen molar-refractivity contribution in [2.45, 2.75) is 19.9 Å². The van der Waals surface area contributed by atoms with E-state index in [0.717, 1.165) is 0 Å². The highest BCUT2D eigenvalue weighted by molar-refractivity contribution is 5.42. The first kappa shape index (κ1) is 5.78. The molecule has 0 aromatic heterocycles. The summed E-state index contributed by atoms with van der Waals surface area (Å²) < 4.78 is 0. The minimum absolute atomic E-state index is 0.621. The zero-order valence-electron chi connectivity index (χ0n) is 6.33. The van der Waals surface area contributed by atoms with Crippen molar-refractivity contribution in [1.29, 1.82) is 0 Å². The van der Waals surface area contributed by atoms with Crippen LogP contribution in [0.5, 0.6) is 0 Å². The van der Waals surface area contributed by atoms with Crippen LogP contribution < -0.4 is 0 Å². The Morgan fingerprint density at radius 2 is 2.20 bits per heavy atom. The predicted molar refractivity (Wildman–Crippen MR) is 42.3 cm³/mol. The molecule has 0 saturated carbocycles. The molecule has 52 valence electrons. The Morgan fingerprint density at radius 3 is 2.90 bits per heavy atom. The Morgan fingerprint density at radius 1 is 1.40 bits per heavy atom. The second-order valence-electron chi connectivity index (χ2n) is 2.85. The third-order valence-corrected chi connectivity index (χ3v) is 2.34. The third kappa shape index (κ3) is 0.525. The maximum atomic E-state index is 2.29. The van der Waals surface area contributed by atoms with Crippen molar-refractivity contribution < 1.29 is 0 Å². The lowest BCUT2D eigenvalue weighted by Gasteiger charge is -2.41. The van der Waals surface area contributed by atoms with E-state index in [0.29, 0.717) is 6.04 Å². The summed E-state index contributed by atoms with van der Waals surface area (Å²) in [5.74, 6) is 0. The molecule has 1 nitrogen and oxygen atoms in total. The van der Waals surface area contributed by atoms with Crippen LogP contribution in [-0.2, 0) is 0 Å². The summed E-state index contributed by atoms with van der Waals surface area (Å²) in [6.07, 6.45) is 8.45. The molecule has 2 aliphatic rings. The van der Waals surface area contributed by atoms with Gasteiger partial charge in [-0.3, -0.25) is 0 Å². The van der Waals surface area contributed by atoms with E-state index < -0.39 is 0 Å².